The van der Waals surface area contributed by atoms with E-state index in [1.54, 1.807) is 0 Å². The third kappa shape index (κ3) is 10.7. The van der Waals surface area contributed by atoms with Crippen molar-refractivity contribution in [2.75, 3.05) is 25.4 Å². The van der Waals surface area contributed by atoms with Crippen LogP contribution in [0.4, 0.5) is 4.79 Å². The number of aliphatic hydroxyl groups excluding tert-OH is 1. The summed E-state index contributed by atoms with van der Waals surface area (Å²) >= 11 is 0. The summed E-state index contributed by atoms with van der Waals surface area (Å²) < 4.78 is 32.2. The summed E-state index contributed by atoms with van der Waals surface area (Å²) in [6.07, 6.45) is 1.86. The Morgan fingerprint density at radius 2 is 1.88 bits per heavy atom. The smallest absolute Gasteiger partial charge is 0.407 e. The van der Waals surface area contributed by atoms with Gasteiger partial charge in [0.15, 0.2) is 9.84 Å². The van der Waals surface area contributed by atoms with E-state index in [4.69, 9.17) is 10.5 Å². The first-order chi connectivity index (χ1) is 19.0. The second kappa shape index (κ2) is 16.5. The van der Waals surface area contributed by atoms with E-state index in [0.29, 0.717) is 38.5 Å². The van der Waals surface area contributed by atoms with Crippen LogP contribution in [0.2, 0.25) is 0 Å². The number of nitrogens with two attached hydrogens (primary N) is 1. The van der Waals surface area contributed by atoms with Crippen molar-refractivity contribution >= 4 is 27.7 Å². The zero-order chi connectivity index (χ0) is 29.7. The third-order valence-corrected chi connectivity index (χ3v) is 9.29. The summed E-state index contributed by atoms with van der Waals surface area (Å²) in [5.74, 6) is -1.39. The monoisotopic (exact) mass is 582 g/mol. The van der Waals surface area contributed by atoms with Gasteiger partial charge in [-0.1, -0.05) is 57.9 Å². The summed E-state index contributed by atoms with van der Waals surface area (Å²) in [5, 5.41) is 14.8. The molecule has 0 saturated carbocycles. The van der Waals surface area contributed by atoms with Gasteiger partial charge in [0.25, 0.3) is 0 Å². The topological polar surface area (TPSA) is 168 Å². The number of carbonyl (C=O) groups is 3. The summed E-state index contributed by atoms with van der Waals surface area (Å²) in [6.45, 7) is 5.57. The molecule has 5 N–H and O–H groups in total. The Morgan fingerprint density at radius 3 is 2.45 bits per heavy atom. The number of aryl methyl sites for hydroxylation is 1. The summed E-state index contributed by atoms with van der Waals surface area (Å²) in [5.41, 5.74) is 7.49. The number of rotatable bonds is 17. The Hall–Kier alpha value is -2.70. The first kappa shape index (κ1) is 33.5. The van der Waals surface area contributed by atoms with Crippen LogP contribution in [-0.4, -0.2) is 85.2 Å². The van der Waals surface area contributed by atoms with E-state index in [1.807, 2.05) is 45.0 Å². The molecule has 1 aromatic carbocycles. The number of sulfone groups is 1. The van der Waals surface area contributed by atoms with Gasteiger partial charge >= 0.3 is 6.09 Å². The molecule has 1 aromatic rings. The number of hydrogen-bond donors (Lipinski definition) is 4. The maximum Gasteiger partial charge on any atom is 0.407 e. The number of carbonyl (C=O) groups excluding carboxylic acids is 3. The van der Waals surface area contributed by atoms with Crippen LogP contribution in [0.3, 0.4) is 0 Å². The average molecular weight is 583 g/mol. The summed E-state index contributed by atoms with van der Waals surface area (Å²) in [7, 11) is -3.79. The molecule has 0 bridgehead atoms. The van der Waals surface area contributed by atoms with Crippen molar-refractivity contribution in [3.63, 3.8) is 0 Å². The van der Waals surface area contributed by atoms with E-state index in [-0.39, 0.29) is 38.2 Å². The Kier molecular flexibility index (Phi) is 13.9. The van der Waals surface area contributed by atoms with Crippen LogP contribution in [-0.2, 0) is 37.1 Å². The van der Waals surface area contributed by atoms with Crippen LogP contribution in [0.25, 0.3) is 0 Å². The molecular formula is C28H46N4O7S. The largest absolute Gasteiger partial charge is 0.447 e. The predicted molar refractivity (Wildman–Crippen MR) is 153 cm³/mol. The first-order valence-electron chi connectivity index (χ1n) is 14.2. The predicted octanol–water partition coefficient (Wildman–Crippen LogP) is 1.65. The van der Waals surface area contributed by atoms with Crippen molar-refractivity contribution in [2.24, 2.45) is 5.73 Å². The van der Waals surface area contributed by atoms with Crippen LogP contribution in [0, 0.1) is 0 Å². The van der Waals surface area contributed by atoms with E-state index in [1.165, 1.54) is 4.90 Å². The van der Waals surface area contributed by atoms with Crippen LogP contribution >= 0.6 is 0 Å². The fourth-order valence-electron chi connectivity index (χ4n) is 4.80. The highest BCUT2D eigenvalue weighted by atomic mass is 32.2. The van der Waals surface area contributed by atoms with E-state index in [2.05, 4.69) is 10.6 Å². The number of alkyl carbamates (subject to hydrolysis) is 1. The number of hydrogen-bond acceptors (Lipinski definition) is 8. The highest BCUT2D eigenvalue weighted by molar-refractivity contribution is 7.92. The van der Waals surface area contributed by atoms with Gasteiger partial charge in [0.1, 0.15) is 12.6 Å². The van der Waals surface area contributed by atoms with Crippen molar-refractivity contribution in [1.29, 1.82) is 0 Å². The molecule has 1 saturated heterocycles. The molecule has 0 aliphatic carbocycles. The van der Waals surface area contributed by atoms with Gasteiger partial charge in [-0.25, -0.2) is 13.2 Å². The Morgan fingerprint density at radius 1 is 1.20 bits per heavy atom. The van der Waals surface area contributed by atoms with Crippen molar-refractivity contribution in [2.45, 2.75) is 95.7 Å². The van der Waals surface area contributed by atoms with Crippen LogP contribution in [0.5, 0.6) is 0 Å². The van der Waals surface area contributed by atoms with Gasteiger partial charge in [-0.2, -0.15) is 0 Å². The van der Waals surface area contributed by atoms with E-state index >= 15 is 0 Å². The Bertz CT molecular complexity index is 1080. The van der Waals surface area contributed by atoms with Gasteiger partial charge in [0.05, 0.1) is 23.1 Å². The van der Waals surface area contributed by atoms with Crippen LogP contribution in [0.1, 0.15) is 70.4 Å². The first-order valence-corrected chi connectivity index (χ1v) is 15.9. The van der Waals surface area contributed by atoms with E-state index < -0.39 is 45.0 Å². The summed E-state index contributed by atoms with van der Waals surface area (Å²) in [6, 6.07) is 5.84. The molecule has 2 rings (SSSR count). The van der Waals surface area contributed by atoms with Crippen molar-refractivity contribution in [3.05, 3.63) is 35.4 Å². The molecule has 1 aliphatic rings. The molecule has 3 amide bonds. The number of amides is 3. The van der Waals surface area contributed by atoms with Gasteiger partial charge in [0.2, 0.25) is 11.8 Å². The van der Waals surface area contributed by atoms with Gasteiger partial charge in [0, 0.05) is 26.1 Å². The molecule has 1 fully saturated rings. The second-order valence-corrected chi connectivity index (χ2v) is 12.7. The minimum Gasteiger partial charge on any atom is -0.447 e. The average Bonchev–Trinajstić information content (AvgIpc) is 3.35. The standard InChI is InChI=1S/C28H46N4O7S/c1-4-8-24(9-5-2)40(37,38)19-25(31-28(36)39-18-22-12-13-26(34)30-22)27(35)32(17-23(33)15-29)16-21-11-7-10-20(6-3)14-21/h7,10-11,14,22-25,33H,4-6,8-9,12-13,15-19,29H2,1-3H3,(H,30,34)(H,31,36)/t22-,23-,25?/m0/s1. The normalized spacial score (nSPS) is 16.9. The molecule has 1 aliphatic heterocycles. The van der Waals surface area contributed by atoms with Crippen molar-refractivity contribution in [1.82, 2.24) is 15.5 Å². The minimum atomic E-state index is -3.79. The van der Waals surface area contributed by atoms with Crippen LogP contribution < -0.4 is 16.4 Å². The Labute approximate surface area is 238 Å². The molecule has 12 heteroatoms. The number of benzene rings is 1. The lowest BCUT2D eigenvalue weighted by Crippen LogP contribution is -2.54. The molecule has 40 heavy (non-hydrogen) atoms. The fraction of sp³-hybridized carbons (Fsp3) is 0.679. The lowest BCUT2D eigenvalue weighted by Gasteiger charge is -2.30. The molecule has 11 nitrogen and oxygen atoms in total. The number of nitrogens with zero attached hydrogens (tertiary/aromatic N) is 1. The molecule has 0 aromatic heterocycles. The van der Waals surface area contributed by atoms with E-state index in [9.17, 15) is 27.9 Å². The lowest BCUT2D eigenvalue weighted by molar-refractivity contribution is -0.134. The fourth-order valence-corrected chi connectivity index (χ4v) is 6.96. The van der Waals surface area contributed by atoms with Gasteiger partial charge in [-0.15, -0.1) is 0 Å². The van der Waals surface area contributed by atoms with E-state index in [0.717, 1.165) is 17.5 Å². The molecule has 3 atom stereocenters. The second-order valence-electron chi connectivity index (χ2n) is 10.4. The SMILES string of the molecule is CCCC(CCC)S(=O)(=O)CC(NC(=O)OC[C@@H]1CCC(=O)N1)C(=O)N(Cc1cccc(CC)c1)C[C@@H](O)CN. The lowest BCUT2D eigenvalue weighted by atomic mass is 10.1. The van der Waals surface area contributed by atoms with Gasteiger partial charge in [-0.05, 0) is 36.8 Å². The summed E-state index contributed by atoms with van der Waals surface area (Å²) in [4.78, 5) is 39.4. The molecule has 226 valence electrons. The quantitative estimate of drug-likeness (QED) is 0.215. The molecule has 1 unspecified atom stereocenters. The molecule has 0 radical (unpaired) electrons. The molecule has 1 heterocycles. The third-order valence-electron chi connectivity index (χ3n) is 7.01. The van der Waals surface area contributed by atoms with Crippen molar-refractivity contribution < 1.29 is 32.6 Å². The van der Waals surface area contributed by atoms with Crippen LogP contribution in [0.15, 0.2) is 24.3 Å². The Balaban J connectivity index is 2.32. The highest BCUT2D eigenvalue weighted by Crippen LogP contribution is 2.19. The minimum absolute atomic E-state index is 0.0957. The number of nitrogens with one attached hydrogen (secondary N) is 2. The number of aliphatic hydroxyl groups is 1. The molecule has 0 spiro atoms. The maximum absolute atomic E-state index is 13.9. The molecular weight excluding hydrogens is 536 g/mol. The van der Waals surface area contributed by atoms with Gasteiger partial charge in [-0.3, -0.25) is 9.59 Å². The van der Waals surface area contributed by atoms with Crippen molar-refractivity contribution in [3.8, 4) is 0 Å². The zero-order valence-corrected chi connectivity index (χ0v) is 24.8. The van der Waals surface area contributed by atoms with Gasteiger partial charge < -0.3 is 31.1 Å². The zero-order valence-electron chi connectivity index (χ0n) is 23.9. The highest BCUT2D eigenvalue weighted by Gasteiger charge is 2.35. The maximum atomic E-state index is 13.9. The number of ether oxygens (including phenoxy) is 1.